The van der Waals surface area contributed by atoms with E-state index >= 15 is 0 Å². The molecule has 0 aliphatic rings. The molecule has 3 rings (SSSR count). The van der Waals surface area contributed by atoms with E-state index in [4.69, 9.17) is 0 Å². The summed E-state index contributed by atoms with van der Waals surface area (Å²) >= 11 is 0. The van der Waals surface area contributed by atoms with E-state index in [-0.39, 0.29) is 5.56 Å². The maximum absolute atomic E-state index is 14.4. The van der Waals surface area contributed by atoms with Gasteiger partial charge >= 0.3 is 6.18 Å². The maximum atomic E-state index is 14.4. The molecule has 0 aliphatic heterocycles. The minimum absolute atomic E-state index is 0.348. The van der Waals surface area contributed by atoms with E-state index in [1.54, 1.807) is 0 Å². The summed E-state index contributed by atoms with van der Waals surface area (Å²) in [4.78, 5) is 3.67. The van der Waals surface area contributed by atoms with Gasteiger partial charge in [-0.2, -0.15) is 22.0 Å². The van der Waals surface area contributed by atoms with Crippen molar-refractivity contribution in [2.24, 2.45) is 0 Å². The first-order valence-electron chi connectivity index (χ1n) is 8.02. The van der Waals surface area contributed by atoms with Gasteiger partial charge in [0.2, 0.25) is 0 Å². The lowest BCUT2D eigenvalue weighted by atomic mass is 10.0. The summed E-state index contributed by atoms with van der Waals surface area (Å²) in [7, 11) is 0. The number of halogens is 7. The van der Waals surface area contributed by atoms with Crippen LogP contribution >= 0.6 is 0 Å². The number of alkyl halides is 5. The van der Waals surface area contributed by atoms with Gasteiger partial charge in [-0.25, -0.2) is 8.78 Å². The molecule has 0 radical (unpaired) electrons. The van der Waals surface area contributed by atoms with Crippen molar-refractivity contribution in [1.29, 1.82) is 0 Å². The van der Waals surface area contributed by atoms with Gasteiger partial charge in [0.25, 0.3) is 5.92 Å². The van der Waals surface area contributed by atoms with Gasteiger partial charge in [-0.05, 0) is 35.4 Å². The average molecular weight is 399 g/mol. The van der Waals surface area contributed by atoms with Crippen molar-refractivity contribution in [3.8, 4) is 11.1 Å². The molecule has 0 amide bonds. The molecule has 0 spiro atoms. The fourth-order valence-corrected chi connectivity index (χ4v) is 2.63. The van der Waals surface area contributed by atoms with Crippen LogP contribution in [0.3, 0.4) is 0 Å². The number of pyridine rings is 1. The Labute approximate surface area is 155 Å². The molecule has 0 bridgehead atoms. The Hall–Kier alpha value is -2.90. The number of rotatable bonds is 4. The van der Waals surface area contributed by atoms with Crippen molar-refractivity contribution < 1.29 is 30.7 Å². The van der Waals surface area contributed by atoms with Crippen LogP contribution in [0.5, 0.6) is 0 Å². The van der Waals surface area contributed by atoms with E-state index in [2.05, 4.69) is 4.98 Å². The lowest BCUT2D eigenvalue weighted by molar-refractivity contribution is -0.137. The molecule has 1 heterocycles. The van der Waals surface area contributed by atoms with Crippen LogP contribution in [0, 0.1) is 11.6 Å². The summed E-state index contributed by atoms with van der Waals surface area (Å²) in [5.74, 6) is -5.47. The molecule has 3 aromatic rings. The Morgan fingerprint density at radius 3 is 1.93 bits per heavy atom. The molecule has 8 heteroatoms. The lowest BCUT2D eigenvalue weighted by Gasteiger charge is -2.17. The summed E-state index contributed by atoms with van der Waals surface area (Å²) < 4.78 is 93.1. The molecular weight excluding hydrogens is 387 g/mol. The number of hydrogen-bond acceptors (Lipinski definition) is 1. The van der Waals surface area contributed by atoms with Crippen molar-refractivity contribution in [3.05, 3.63) is 89.2 Å². The standard InChI is InChI=1S/C20H12F7N/c21-16-7-3-13(17(22)9-16)10-19(23,24)18-8-4-14(11-28-18)12-1-5-15(6-2-12)20(25,26)27/h1-9,11H,10H2. The molecule has 146 valence electrons. The highest BCUT2D eigenvalue weighted by molar-refractivity contribution is 5.63. The molecule has 0 N–H and O–H groups in total. The van der Waals surface area contributed by atoms with Crippen LogP contribution < -0.4 is 0 Å². The fourth-order valence-electron chi connectivity index (χ4n) is 2.63. The Kier molecular flexibility index (Phi) is 5.14. The molecule has 0 fully saturated rings. The average Bonchev–Trinajstić information content (AvgIpc) is 2.63. The lowest BCUT2D eigenvalue weighted by Crippen LogP contribution is -2.19. The molecule has 1 aromatic heterocycles. The van der Waals surface area contributed by atoms with E-state index in [0.717, 1.165) is 36.5 Å². The SMILES string of the molecule is Fc1ccc(CC(F)(F)c2ccc(-c3ccc(C(F)(F)F)cc3)cn2)c(F)c1. The van der Waals surface area contributed by atoms with E-state index in [9.17, 15) is 30.7 Å². The molecule has 0 saturated carbocycles. The summed E-state index contributed by atoms with van der Waals surface area (Å²) in [6.07, 6.45) is -4.38. The number of hydrogen-bond donors (Lipinski definition) is 0. The topological polar surface area (TPSA) is 12.9 Å². The van der Waals surface area contributed by atoms with Gasteiger partial charge in [0.05, 0.1) is 5.56 Å². The predicted molar refractivity (Wildman–Crippen MR) is 88.6 cm³/mol. The van der Waals surface area contributed by atoms with Gasteiger partial charge in [0.1, 0.15) is 17.3 Å². The van der Waals surface area contributed by atoms with Gasteiger partial charge in [-0.3, -0.25) is 4.98 Å². The minimum Gasteiger partial charge on any atom is -0.254 e. The molecule has 0 aliphatic carbocycles. The van der Waals surface area contributed by atoms with Crippen molar-refractivity contribution >= 4 is 0 Å². The fraction of sp³-hybridized carbons (Fsp3) is 0.150. The highest BCUT2D eigenvalue weighted by Crippen LogP contribution is 2.34. The highest BCUT2D eigenvalue weighted by atomic mass is 19.4. The Morgan fingerprint density at radius 1 is 0.750 bits per heavy atom. The van der Waals surface area contributed by atoms with E-state index in [1.807, 2.05) is 0 Å². The number of nitrogens with zero attached hydrogens (tertiary/aromatic N) is 1. The first-order valence-corrected chi connectivity index (χ1v) is 8.02. The number of benzene rings is 2. The van der Waals surface area contributed by atoms with Crippen LogP contribution in [0.4, 0.5) is 30.7 Å². The molecule has 0 saturated heterocycles. The van der Waals surface area contributed by atoms with Gasteiger partial charge in [-0.1, -0.05) is 24.3 Å². The maximum Gasteiger partial charge on any atom is 0.416 e. The van der Waals surface area contributed by atoms with Crippen LogP contribution in [0.2, 0.25) is 0 Å². The van der Waals surface area contributed by atoms with Crippen molar-refractivity contribution in [2.45, 2.75) is 18.5 Å². The van der Waals surface area contributed by atoms with Crippen molar-refractivity contribution in [2.75, 3.05) is 0 Å². The van der Waals surface area contributed by atoms with Crippen molar-refractivity contribution in [1.82, 2.24) is 4.98 Å². The smallest absolute Gasteiger partial charge is 0.254 e. The third-order valence-electron chi connectivity index (χ3n) is 4.11. The summed E-state index contributed by atoms with van der Waals surface area (Å²) in [5.41, 5.74) is -1.10. The first-order chi connectivity index (χ1) is 13.1. The first kappa shape index (κ1) is 19.9. The van der Waals surface area contributed by atoms with Crippen molar-refractivity contribution in [3.63, 3.8) is 0 Å². The van der Waals surface area contributed by atoms with Gasteiger partial charge < -0.3 is 0 Å². The zero-order valence-corrected chi connectivity index (χ0v) is 14.1. The molecule has 2 aromatic carbocycles. The van der Waals surface area contributed by atoms with E-state index in [0.29, 0.717) is 17.2 Å². The molecule has 1 nitrogen and oxygen atoms in total. The summed E-state index contributed by atoms with van der Waals surface area (Å²) in [5, 5.41) is 0. The Bertz CT molecular complexity index is 961. The minimum atomic E-state index is -4.47. The largest absolute Gasteiger partial charge is 0.416 e. The third kappa shape index (κ3) is 4.32. The zero-order valence-electron chi connectivity index (χ0n) is 14.1. The van der Waals surface area contributed by atoms with Gasteiger partial charge in [0, 0.05) is 24.2 Å². The molecular formula is C20H12F7N. The number of aromatic nitrogens is 1. The third-order valence-corrected chi connectivity index (χ3v) is 4.11. The second-order valence-corrected chi connectivity index (χ2v) is 6.12. The van der Waals surface area contributed by atoms with Crippen LogP contribution in [0.1, 0.15) is 16.8 Å². The Morgan fingerprint density at radius 2 is 1.39 bits per heavy atom. The van der Waals surface area contributed by atoms with Crippen LogP contribution in [-0.4, -0.2) is 4.98 Å². The quantitative estimate of drug-likeness (QED) is 0.464. The van der Waals surface area contributed by atoms with Crippen LogP contribution in [-0.2, 0) is 18.5 Å². The second-order valence-electron chi connectivity index (χ2n) is 6.12. The second kappa shape index (κ2) is 7.26. The van der Waals surface area contributed by atoms with Crippen LogP contribution in [0.15, 0.2) is 60.8 Å². The molecule has 0 unspecified atom stereocenters. The molecule has 28 heavy (non-hydrogen) atoms. The molecule has 0 atom stereocenters. The van der Waals surface area contributed by atoms with Gasteiger partial charge in [0.15, 0.2) is 0 Å². The van der Waals surface area contributed by atoms with E-state index in [1.165, 1.54) is 18.2 Å². The van der Waals surface area contributed by atoms with E-state index < -0.39 is 41.4 Å². The normalized spacial score (nSPS) is 12.2. The Balaban J connectivity index is 1.81. The highest BCUT2D eigenvalue weighted by Gasteiger charge is 2.34. The zero-order chi connectivity index (χ0) is 20.5. The van der Waals surface area contributed by atoms with Crippen LogP contribution in [0.25, 0.3) is 11.1 Å². The summed E-state index contributed by atoms with van der Waals surface area (Å²) in [6, 6.07) is 8.85. The monoisotopic (exact) mass is 399 g/mol. The predicted octanol–water partition coefficient (Wildman–Crippen LogP) is 6.38. The van der Waals surface area contributed by atoms with Gasteiger partial charge in [-0.15, -0.1) is 0 Å². The summed E-state index contributed by atoms with van der Waals surface area (Å²) in [6.45, 7) is 0.